The number of carbonyl (C=O) groups excluding carboxylic acids is 2. The highest BCUT2D eigenvalue weighted by atomic mass is 19.1. The van der Waals surface area contributed by atoms with Crippen molar-refractivity contribution < 1.29 is 14.0 Å². The summed E-state index contributed by atoms with van der Waals surface area (Å²) in [6, 6.07) is 13.6. The smallest absolute Gasteiger partial charge is 0.313 e. The molecule has 1 heterocycles. The summed E-state index contributed by atoms with van der Waals surface area (Å²) in [7, 11) is 0. The van der Waals surface area contributed by atoms with Gasteiger partial charge in [0.2, 0.25) is 0 Å². The van der Waals surface area contributed by atoms with Crippen molar-refractivity contribution in [3.63, 3.8) is 0 Å². The van der Waals surface area contributed by atoms with Gasteiger partial charge < -0.3 is 15.1 Å². The highest BCUT2D eigenvalue weighted by Crippen LogP contribution is 2.17. The lowest BCUT2D eigenvalue weighted by Crippen LogP contribution is -2.51. The number of aryl methyl sites for hydroxylation is 1. The number of benzene rings is 2. The zero-order chi connectivity index (χ0) is 17.8. The van der Waals surface area contributed by atoms with Crippen molar-refractivity contribution >= 4 is 23.2 Å². The molecule has 0 saturated carbocycles. The molecule has 2 amide bonds. The maximum absolute atomic E-state index is 13.0. The van der Waals surface area contributed by atoms with Gasteiger partial charge in [-0.05, 0) is 48.9 Å². The molecule has 1 N–H and O–H groups in total. The van der Waals surface area contributed by atoms with E-state index in [0.29, 0.717) is 31.9 Å². The number of anilines is 2. The Morgan fingerprint density at radius 2 is 1.68 bits per heavy atom. The minimum Gasteiger partial charge on any atom is -0.368 e. The Hall–Kier alpha value is -2.89. The first-order valence-corrected chi connectivity index (χ1v) is 8.20. The van der Waals surface area contributed by atoms with Gasteiger partial charge in [0.25, 0.3) is 0 Å². The fraction of sp³-hybridized carbons (Fsp3) is 0.263. The SMILES string of the molecule is Cc1cccc(NC(=O)C(=O)N2CCN(c3ccc(F)cc3)CC2)c1. The second-order valence-corrected chi connectivity index (χ2v) is 6.08. The van der Waals surface area contributed by atoms with Gasteiger partial charge in [-0.15, -0.1) is 0 Å². The summed E-state index contributed by atoms with van der Waals surface area (Å²) in [6.45, 7) is 4.05. The zero-order valence-electron chi connectivity index (χ0n) is 14.0. The van der Waals surface area contributed by atoms with Gasteiger partial charge in [-0.1, -0.05) is 12.1 Å². The molecule has 0 spiro atoms. The predicted molar refractivity (Wildman–Crippen MR) is 95.0 cm³/mol. The van der Waals surface area contributed by atoms with Crippen LogP contribution < -0.4 is 10.2 Å². The quantitative estimate of drug-likeness (QED) is 0.854. The van der Waals surface area contributed by atoms with E-state index in [1.54, 1.807) is 23.1 Å². The molecular formula is C19H20FN3O2. The van der Waals surface area contributed by atoms with Gasteiger partial charge in [0.1, 0.15) is 5.82 Å². The number of rotatable bonds is 2. The third-order valence-corrected chi connectivity index (χ3v) is 4.23. The molecule has 6 heteroatoms. The van der Waals surface area contributed by atoms with E-state index in [2.05, 4.69) is 10.2 Å². The van der Waals surface area contributed by atoms with Gasteiger partial charge in [0.15, 0.2) is 0 Å². The van der Waals surface area contributed by atoms with Gasteiger partial charge in [-0.25, -0.2) is 4.39 Å². The number of hydrogen-bond donors (Lipinski definition) is 1. The van der Waals surface area contributed by atoms with Crippen LogP contribution in [0.4, 0.5) is 15.8 Å². The summed E-state index contributed by atoms with van der Waals surface area (Å²) in [4.78, 5) is 28.1. The van der Waals surface area contributed by atoms with Gasteiger partial charge in [0, 0.05) is 37.6 Å². The van der Waals surface area contributed by atoms with Crippen molar-refractivity contribution in [2.45, 2.75) is 6.92 Å². The molecule has 0 atom stereocenters. The Balaban J connectivity index is 1.55. The van der Waals surface area contributed by atoms with E-state index in [1.807, 2.05) is 25.1 Å². The van der Waals surface area contributed by atoms with Crippen LogP contribution in [-0.2, 0) is 9.59 Å². The predicted octanol–water partition coefficient (Wildman–Crippen LogP) is 2.42. The average Bonchev–Trinajstić information content (AvgIpc) is 2.62. The van der Waals surface area contributed by atoms with Gasteiger partial charge in [-0.2, -0.15) is 0 Å². The summed E-state index contributed by atoms with van der Waals surface area (Å²) >= 11 is 0. The van der Waals surface area contributed by atoms with Gasteiger partial charge in [0.05, 0.1) is 0 Å². The third kappa shape index (κ3) is 4.15. The molecule has 1 aliphatic rings. The van der Waals surface area contributed by atoms with E-state index >= 15 is 0 Å². The molecular weight excluding hydrogens is 321 g/mol. The molecule has 25 heavy (non-hydrogen) atoms. The Morgan fingerprint density at radius 3 is 2.32 bits per heavy atom. The van der Waals surface area contributed by atoms with Crippen LogP contribution in [0.25, 0.3) is 0 Å². The highest BCUT2D eigenvalue weighted by molar-refractivity contribution is 6.39. The minimum atomic E-state index is -0.624. The number of halogens is 1. The molecule has 0 aliphatic carbocycles. The molecule has 5 nitrogen and oxygen atoms in total. The molecule has 2 aromatic carbocycles. The standard InChI is InChI=1S/C19H20FN3O2/c1-14-3-2-4-16(13-14)21-18(24)19(25)23-11-9-22(10-12-23)17-7-5-15(20)6-8-17/h2-8,13H,9-12H2,1H3,(H,21,24). The van der Waals surface area contributed by atoms with Gasteiger partial charge >= 0.3 is 11.8 Å². The van der Waals surface area contributed by atoms with Crippen molar-refractivity contribution in [1.82, 2.24) is 4.90 Å². The van der Waals surface area contributed by atoms with Crippen LogP contribution in [0.3, 0.4) is 0 Å². The second kappa shape index (κ2) is 7.34. The van der Waals surface area contributed by atoms with Crippen LogP contribution in [0.2, 0.25) is 0 Å². The van der Waals surface area contributed by atoms with E-state index in [-0.39, 0.29) is 5.82 Å². The van der Waals surface area contributed by atoms with Crippen LogP contribution in [0.1, 0.15) is 5.56 Å². The second-order valence-electron chi connectivity index (χ2n) is 6.08. The van der Waals surface area contributed by atoms with E-state index < -0.39 is 11.8 Å². The number of amides is 2. The van der Waals surface area contributed by atoms with Crippen molar-refractivity contribution in [2.24, 2.45) is 0 Å². The molecule has 3 rings (SSSR count). The maximum Gasteiger partial charge on any atom is 0.313 e. The summed E-state index contributed by atoms with van der Waals surface area (Å²) in [5.74, 6) is -1.42. The lowest BCUT2D eigenvalue weighted by Gasteiger charge is -2.35. The van der Waals surface area contributed by atoms with Crippen molar-refractivity contribution in [3.05, 3.63) is 59.9 Å². The van der Waals surface area contributed by atoms with Crippen molar-refractivity contribution in [2.75, 3.05) is 36.4 Å². The molecule has 2 aromatic rings. The highest BCUT2D eigenvalue weighted by Gasteiger charge is 2.26. The van der Waals surface area contributed by atoms with Gasteiger partial charge in [-0.3, -0.25) is 9.59 Å². The fourth-order valence-corrected chi connectivity index (χ4v) is 2.87. The number of hydrogen-bond acceptors (Lipinski definition) is 3. The number of piperazine rings is 1. The lowest BCUT2D eigenvalue weighted by atomic mass is 10.2. The van der Waals surface area contributed by atoms with Crippen LogP contribution in [-0.4, -0.2) is 42.9 Å². The summed E-state index contributed by atoms with van der Waals surface area (Å²) in [6.07, 6.45) is 0. The van der Waals surface area contributed by atoms with Crippen LogP contribution in [0.5, 0.6) is 0 Å². The monoisotopic (exact) mass is 341 g/mol. The number of nitrogens with zero attached hydrogens (tertiary/aromatic N) is 2. The number of nitrogens with one attached hydrogen (secondary N) is 1. The Bertz CT molecular complexity index is 768. The molecule has 0 bridgehead atoms. The normalized spacial score (nSPS) is 14.3. The van der Waals surface area contributed by atoms with E-state index in [9.17, 15) is 14.0 Å². The Labute approximate surface area is 146 Å². The largest absolute Gasteiger partial charge is 0.368 e. The first-order valence-electron chi connectivity index (χ1n) is 8.20. The van der Waals surface area contributed by atoms with Crippen molar-refractivity contribution in [3.8, 4) is 0 Å². The first kappa shape index (κ1) is 17.0. The van der Waals surface area contributed by atoms with Crippen LogP contribution in [0, 0.1) is 12.7 Å². The zero-order valence-corrected chi connectivity index (χ0v) is 14.0. The molecule has 1 aliphatic heterocycles. The average molecular weight is 341 g/mol. The molecule has 130 valence electrons. The summed E-state index contributed by atoms with van der Waals surface area (Å²) in [5, 5.41) is 2.64. The first-order chi connectivity index (χ1) is 12.0. The molecule has 0 aromatic heterocycles. The van der Waals surface area contributed by atoms with Crippen LogP contribution >= 0.6 is 0 Å². The van der Waals surface area contributed by atoms with E-state index in [0.717, 1.165) is 11.3 Å². The maximum atomic E-state index is 13.0. The summed E-state index contributed by atoms with van der Waals surface area (Å²) < 4.78 is 13.0. The van der Waals surface area contributed by atoms with E-state index in [4.69, 9.17) is 0 Å². The fourth-order valence-electron chi connectivity index (χ4n) is 2.87. The third-order valence-electron chi connectivity index (χ3n) is 4.23. The van der Waals surface area contributed by atoms with Crippen molar-refractivity contribution in [1.29, 1.82) is 0 Å². The van der Waals surface area contributed by atoms with Crippen LogP contribution in [0.15, 0.2) is 48.5 Å². The molecule has 1 fully saturated rings. The topological polar surface area (TPSA) is 52.7 Å². The Kier molecular flexibility index (Phi) is 4.97. The lowest BCUT2D eigenvalue weighted by molar-refractivity contribution is -0.143. The molecule has 1 saturated heterocycles. The Morgan fingerprint density at radius 1 is 1.00 bits per heavy atom. The minimum absolute atomic E-state index is 0.273. The van der Waals surface area contributed by atoms with E-state index in [1.165, 1.54) is 12.1 Å². The molecule has 0 radical (unpaired) electrons. The summed E-state index contributed by atoms with van der Waals surface area (Å²) in [5.41, 5.74) is 2.54. The molecule has 0 unspecified atom stereocenters. The number of carbonyl (C=O) groups is 2.